The Morgan fingerprint density at radius 2 is 1.84 bits per heavy atom. The molecular formula is C29H29N5O2S. The maximum absolute atomic E-state index is 12.9. The van der Waals surface area contributed by atoms with Crippen LogP contribution in [0.4, 0.5) is 5.69 Å². The molecule has 2 aromatic heterocycles. The van der Waals surface area contributed by atoms with Gasteiger partial charge in [0.05, 0.1) is 30.6 Å². The number of carbonyl (C=O) groups is 1. The molecule has 1 fully saturated rings. The Kier molecular flexibility index (Phi) is 7.18. The standard InChI is InChI=1S/C29H29N5O2S/c1-20-10-3-5-13-23(20)33-18-9-14-24(33)28-27(22-12-7-8-17-30-22)32-29(37)34(28)19-16-26(35)31-21-11-4-6-15-25(21)36-2/h3-15,17-18,27-28H,16,19H2,1-2H3,(H,31,35)(H,32,37)/t27-,28+/m1/s1. The van der Waals surface area contributed by atoms with Crippen LogP contribution < -0.4 is 15.4 Å². The second-order valence-corrected chi connectivity index (χ2v) is 9.29. The number of para-hydroxylation sites is 3. The largest absolute Gasteiger partial charge is 0.495 e. The normalized spacial score (nSPS) is 16.9. The number of hydrogen-bond acceptors (Lipinski definition) is 4. The Balaban J connectivity index is 1.45. The van der Waals surface area contributed by atoms with Crippen LogP contribution in [0.5, 0.6) is 5.75 Å². The molecule has 0 radical (unpaired) electrons. The quantitative estimate of drug-likeness (QED) is 0.317. The minimum absolute atomic E-state index is 0.110. The predicted octanol–water partition coefficient (Wildman–Crippen LogP) is 5.19. The second-order valence-electron chi connectivity index (χ2n) is 8.91. The first-order valence-corrected chi connectivity index (χ1v) is 12.6. The highest BCUT2D eigenvalue weighted by Crippen LogP contribution is 2.40. The van der Waals surface area contributed by atoms with Crippen LogP contribution >= 0.6 is 12.2 Å². The molecule has 5 rings (SSSR count). The molecule has 1 aliphatic heterocycles. The van der Waals surface area contributed by atoms with Crippen molar-refractivity contribution in [3.05, 3.63) is 108 Å². The van der Waals surface area contributed by atoms with Crippen LogP contribution in [0.1, 0.15) is 35.5 Å². The van der Waals surface area contributed by atoms with Crippen molar-refractivity contribution in [2.75, 3.05) is 19.0 Å². The monoisotopic (exact) mass is 511 g/mol. The van der Waals surface area contributed by atoms with Crippen LogP contribution in [0.15, 0.2) is 91.3 Å². The summed E-state index contributed by atoms with van der Waals surface area (Å²) >= 11 is 5.80. The molecule has 1 aliphatic rings. The SMILES string of the molecule is COc1ccccc1NC(=O)CCN1C(=S)N[C@H](c2ccccn2)[C@@H]1c1cccn1-c1ccccc1C. The lowest BCUT2D eigenvalue weighted by molar-refractivity contribution is -0.116. The number of nitrogens with one attached hydrogen (secondary N) is 2. The van der Waals surface area contributed by atoms with Crippen LogP contribution in [0, 0.1) is 6.92 Å². The molecule has 0 saturated carbocycles. The number of carbonyl (C=O) groups excluding carboxylic acids is 1. The average molecular weight is 512 g/mol. The van der Waals surface area contributed by atoms with Gasteiger partial charge in [-0.05, 0) is 67.2 Å². The smallest absolute Gasteiger partial charge is 0.226 e. The van der Waals surface area contributed by atoms with Crippen LogP contribution in [-0.2, 0) is 4.79 Å². The molecule has 188 valence electrons. The lowest BCUT2D eigenvalue weighted by Gasteiger charge is -2.29. The molecule has 1 saturated heterocycles. The molecule has 1 amide bonds. The lowest BCUT2D eigenvalue weighted by atomic mass is 10.0. The maximum Gasteiger partial charge on any atom is 0.226 e. The van der Waals surface area contributed by atoms with Gasteiger partial charge in [0, 0.05) is 36.7 Å². The van der Waals surface area contributed by atoms with E-state index in [1.165, 1.54) is 5.56 Å². The fourth-order valence-corrected chi connectivity index (χ4v) is 5.17. The number of hydrogen-bond donors (Lipinski definition) is 2. The first-order chi connectivity index (χ1) is 18.1. The van der Waals surface area contributed by atoms with Gasteiger partial charge in [-0.2, -0.15) is 0 Å². The lowest BCUT2D eigenvalue weighted by Crippen LogP contribution is -2.33. The van der Waals surface area contributed by atoms with Gasteiger partial charge in [-0.15, -0.1) is 0 Å². The Morgan fingerprint density at radius 3 is 2.62 bits per heavy atom. The van der Waals surface area contributed by atoms with E-state index in [1.54, 1.807) is 13.3 Å². The topological polar surface area (TPSA) is 71.4 Å². The number of rotatable bonds is 8. The first kappa shape index (κ1) is 24.5. The average Bonchev–Trinajstić information content (AvgIpc) is 3.52. The van der Waals surface area contributed by atoms with E-state index in [0.29, 0.717) is 23.1 Å². The number of ether oxygens (including phenoxy) is 1. The summed E-state index contributed by atoms with van der Waals surface area (Å²) in [4.78, 5) is 19.7. The van der Waals surface area contributed by atoms with E-state index in [4.69, 9.17) is 17.0 Å². The predicted molar refractivity (Wildman–Crippen MR) is 149 cm³/mol. The maximum atomic E-state index is 12.9. The third-order valence-corrected chi connectivity index (χ3v) is 6.97. The Bertz CT molecular complexity index is 1400. The van der Waals surface area contributed by atoms with Gasteiger partial charge in [0.25, 0.3) is 0 Å². The molecule has 4 aromatic rings. The fourth-order valence-electron chi connectivity index (χ4n) is 4.84. The van der Waals surface area contributed by atoms with E-state index in [0.717, 1.165) is 17.1 Å². The highest BCUT2D eigenvalue weighted by Gasteiger charge is 2.41. The van der Waals surface area contributed by atoms with Crippen LogP contribution in [-0.4, -0.2) is 39.1 Å². The Morgan fingerprint density at radius 1 is 1.05 bits per heavy atom. The molecular weight excluding hydrogens is 482 g/mol. The van der Waals surface area contributed by atoms with E-state index in [9.17, 15) is 4.79 Å². The van der Waals surface area contributed by atoms with Crippen molar-refractivity contribution in [1.29, 1.82) is 0 Å². The molecule has 3 heterocycles. The van der Waals surface area contributed by atoms with E-state index < -0.39 is 0 Å². The van der Waals surface area contributed by atoms with Crippen molar-refractivity contribution in [2.45, 2.75) is 25.4 Å². The summed E-state index contributed by atoms with van der Waals surface area (Å²) in [5, 5.41) is 7.04. The van der Waals surface area contributed by atoms with Gasteiger partial charge in [0.2, 0.25) is 5.91 Å². The van der Waals surface area contributed by atoms with Gasteiger partial charge in [0.1, 0.15) is 5.75 Å². The minimum atomic E-state index is -0.163. The summed E-state index contributed by atoms with van der Waals surface area (Å²) in [6.45, 7) is 2.55. The van der Waals surface area contributed by atoms with Crippen molar-refractivity contribution in [3.8, 4) is 11.4 Å². The van der Waals surface area contributed by atoms with Crippen LogP contribution in [0.3, 0.4) is 0 Å². The number of nitrogens with zero attached hydrogens (tertiary/aromatic N) is 3. The van der Waals surface area contributed by atoms with Gasteiger partial charge >= 0.3 is 0 Å². The summed E-state index contributed by atoms with van der Waals surface area (Å²) in [5.74, 6) is 0.514. The highest BCUT2D eigenvalue weighted by molar-refractivity contribution is 7.80. The summed E-state index contributed by atoms with van der Waals surface area (Å²) in [6, 6.07) is 25.4. The van der Waals surface area contributed by atoms with Crippen LogP contribution in [0.25, 0.3) is 5.69 Å². The van der Waals surface area contributed by atoms with E-state index in [1.807, 2.05) is 60.7 Å². The molecule has 37 heavy (non-hydrogen) atoms. The third kappa shape index (κ3) is 5.06. The molecule has 2 aromatic carbocycles. The highest BCUT2D eigenvalue weighted by atomic mass is 32.1. The van der Waals surface area contributed by atoms with Gasteiger partial charge in [-0.3, -0.25) is 9.78 Å². The Hall–Kier alpha value is -4.17. The molecule has 8 heteroatoms. The summed E-state index contributed by atoms with van der Waals surface area (Å²) in [5.41, 5.74) is 4.89. The fraction of sp³-hybridized carbons (Fsp3) is 0.207. The molecule has 0 bridgehead atoms. The van der Waals surface area contributed by atoms with Gasteiger partial charge in [-0.25, -0.2) is 0 Å². The number of methoxy groups -OCH3 is 1. The van der Waals surface area contributed by atoms with Gasteiger partial charge in [-0.1, -0.05) is 36.4 Å². The number of aryl methyl sites for hydroxylation is 1. The zero-order valence-corrected chi connectivity index (χ0v) is 21.6. The van der Waals surface area contributed by atoms with Gasteiger partial charge < -0.3 is 24.8 Å². The van der Waals surface area contributed by atoms with Crippen LogP contribution in [0.2, 0.25) is 0 Å². The van der Waals surface area contributed by atoms with Gasteiger partial charge in [0.15, 0.2) is 5.11 Å². The third-order valence-electron chi connectivity index (χ3n) is 6.62. The number of thiocarbonyl (C=S) groups is 1. The van der Waals surface area contributed by atoms with Crippen molar-refractivity contribution >= 4 is 28.9 Å². The van der Waals surface area contributed by atoms with E-state index in [-0.39, 0.29) is 24.4 Å². The molecule has 7 nitrogen and oxygen atoms in total. The number of aromatic nitrogens is 2. The van der Waals surface area contributed by atoms with E-state index >= 15 is 0 Å². The molecule has 2 N–H and O–H groups in total. The second kappa shape index (κ2) is 10.8. The number of pyridine rings is 1. The zero-order chi connectivity index (χ0) is 25.8. The number of benzene rings is 2. The molecule has 0 spiro atoms. The number of anilines is 1. The molecule has 2 atom stereocenters. The van der Waals surface area contributed by atoms with Crippen molar-refractivity contribution < 1.29 is 9.53 Å². The first-order valence-electron chi connectivity index (χ1n) is 12.2. The summed E-state index contributed by atoms with van der Waals surface area (Å²) < 4.78 is 7.57. The number of amides is 1. The van der Waals surface area contributed by atoms with Crippen molar-refractivity contribution in [2.24, 2.45) is 0 Å². The zero-order valence-electron chi connectivity index (χ0n) is 20.8. The minimum Gasteiger partial charge on any atom is -0.495 e. The molecule has 0 aliphatic carbocycles. The summed E-state index contributed by atoms with van der Waals surface area (Å²) in [6.07, 6.45) is 4.12. The Labute approximate surface area is 222 Å². The van der Waals surface area contributed by atoms with Crippen molar-refractivity contribution in [1.82, 2.24) is 19.8 Å². The molecule has 0 unspecified atom stereocenters. The summed E-state index contributed by atoms with van der Waals surface area (Å²) in [7, 11) is 1.59. The van der Waals surface area contributed by atoms with E-state index in [2.05, 4.69) is 56.4 Å². The van der Waals surface area contributed by atoms with Crippen molar-refractivity contribution in [3.63, 3.8) is 0 Å².